The second-order valence-electron chi connectivity index (χ2n) is 7.74. The largest absolute Gasteiger partial charge is 3.00 e. The van der Waals surface area contributed by atoms with Crippen molar-refractivity contribution in [3.8, 4) is 0 Å². The predicted octanol–water partition coefficient (Wildman–Crippen LogP) is 7.90. The second-order valence-corrected chi connectivity index (χ2v) is 7.74. The van der Waals surface area contributed by atoms with E-state index in [1.165, 1.54) is 41.8 Å². The molecule has 1 aliphatic carbocycles. The Morgan fingerprint density at radius 2 is 1.61 bits per heavy atom. The Kier molecular flexibility index (Phi) is 12.2. The van der Waals surface area contributed by atoms with Gasteiger partial charge in [-0.15, -0.1) is 11.6 Å². The van der Waals surface area contributed by atoms with E-state index in [0.717, 1.165) is 5.69 Å². The Labute approximate surface area is 193 Å². The average molecular weight is 456 g/mol. The summed E-state index contributed by atoms with van der Waals surface area (Å²) < 4.78 is 0. The number of aromatic nitrogens is 1. The molecule has 1 aromatic heterocycles. The van der Waals surface area contributed by atoms with Gasteiger partial charge in [0.2, 0.25) is 0 Å². The smallest absolute Gasteiger partial charge is 0.679 e. The molecule has 151 valence electrons. The molecule has 0 N–H and O–H groups in total. The van der Waals surface area contributed by atoms with E-state index in [1.807, 2.05) is 0 Å². The predicted molar refractivity (Wildman–Crippen MR) is 119 cm³/mol. The maximum atomic E-state index is 5.01. The van der Waals surface area contributed by atoms with Gasteiger partial charge in [0.15, 0.2) is 0 Å². The van der Waals surface area contributed by atoms with Gasteiger partial charge in [-0.1, -0.05) is 82.5 Å². The van der Waals surface area contributed by atoms with Gasteiger partial charge in [-0.2, -0.15) is 6.42 Å². The van der Waals surface area contributed by atoms with Gasteiger partial charge in [0.1, 0.15) is 0 Å². The van der Waals surface area contributed by atoms with Crippen LogP contribution in [0.25, 0.3) is 5.32 Å². The maximum Gasteiger partial charge on any atom is 3.00 e. The number of hydrogen-bond acceptors (Lipinski definition) is 1. The normalized spacial score (nSPS) is 15.6. The molecule has 0 aliphatic heterocycles. The van der Waals surface area contributed by atoms with E-state index in [-0.39, 0.29) is 41.1 Å². The zero-order valence-corrected chi connectivity index (χ0v) is 21.0. The molecule has 0 spiro atoms. The molecule has 1 aliphatic rings. The number of pyridine rings is 1. The number of rotatable bonds is 6. The van der Waals surface area contributed by atoms with Crippen LogP contribution >= 0.6 is 0 Å². The summed E-state index contributed by atoms with van der Waals surface area (Å²) in [5, 5.41) is 5.01. The van der Waals surface area contributed by atoms with Crippen LogP contribution in [-0.4, -0.2) is 4.98 Å². The molecular weight excluding hydrogens is 420 g/mol. The van der Waals surface area contributed by atoms with Gasteiger partial charge in [-0.3, -0.25) is 4.98 Å². The van der Waals surface area contributed by atoms with E-state index in [0.29, 0.717) is 24.3 Å². The molecule has 1 unspecified atom stereocenters. The second kappa shape index (κ2) is 12.6. The van der Waals surface area contributed by atoms with Gasteiger partial charge in [-0.05, 0) is 24.0 Å². The van der Waals surface area contributed by atoms with Crippen molar-refractivity contribution >= 4 is 5.69 Å². The van der Waals surface area contributed by atoms with Gasteiger partial charge in [0.05, 0.1) is 0 Å². The van der Waals surface area contributed by atoms with Crippen LogP contribution in [0.2, 0.25) is 0 Å². The zero-order valence-electron chi connectivity index (χ0n) is 18.5. The number of benzene rings is 1. The van der Waals surface area contributed by atoms with Crippen molar-refractivity contribution in [2.45, 2.75) is 71.3 Å². The third kappa shape index (κ3) is 6.55. The molecular formula is C25H36N2Zr-. The van der Waals surface area contributed by atoms with E-state index in [1.54, 1.807) is 0 Å². The van der Waals surface area contributed by atoms with Gasteiger partial charge < -0.3 is 26.6 Å². The van der Waals surface area contributed by atoms with Gasteiger partial charge >= 0.3 is 26.2 Å². The Bertz CT molecular complexity index is 677. The monoisotopic (exact) mass is 454 g/mol. The number of hydrogen-bond donors (Lipinski definition) is 0. The minimum atomic E-state index is 0. The maximum absolute atomic E-state index is 5.01. The fourth-order valence-corrected chi connectivity index (χ4v) is 3.69. The Morgan fingerprint density at radius 3 is 2.14 bits per heavy atom. The van der Waals surface area contributed by atoms with E-state index >= 15 is 0 Å². The first-order valence-electron chi connectivity index (χ1n) is 9.65. The minimum absolute atomic E-state index is 0. The first-order chi connectivity index (χ1) is 12.1. The van der Waals surface area contributed by atoms with Crippen LogP contribution in [0.1, 0.15) is 87.2 Å². The van der Waals surface area contributed by atoms with Crippen molar-refractivity contribution in [1.29, 1.82) is 0 Å². The Hall–Kier alpha value is -0.947. The molecule has 2 aromatic rings. The van der Waals surface area contributed by atoms with E-state index in [9.17, 15) is 0 Å². The topological polar surface area (TPSA) is 27.0 Å². The molecule has 1 aromatic carbocycles. The molecule has 1 saturated carbocycles. The standard InChI is InChI=1S/C23H30N2.2CH3.Zr/c1-16(2)20-12-8-13-21(17(3)4)23(20)24-15-19-11-7-14-22(25-19)18-9-5-6-10-18;;;/h7-9,11-14,16-18H,5-6,10,15H2,1-4H3;2*1H3;/q-2;2*-1;+3. The van der Waals surface area contributed by atoms with E-state index in [2.05, 4.69) is 70.5 Å². The summed E-state index contributed by atoms with van der Waals surface area (Å²) in [5.74, 6) is 1.49. The quantitative estimate of drug-likeness (QED) is 0.407. The number of para-hydroxylation sites is 1. The van der Waals surface area contributed by atoms with Crippen LogP contribution in [0.5, 0.6) is 0 Å². The van der Waals surface area contributed by atoms with Crippen LogP contribution < -0.4 is 0 Å². The number of nitrogens with zero attached hydrogens (tertiary/aromatic N) is 2. The Morgan fingerprint density at radius 1 is 1.00 bits per heavy atom. The summed E-state index contributed by atoms with van der Waals surface area (Å²) in [5.41, 5.74) is 6.14. The van der Waals surface area contributed by atoms with Crippen molar-refractivity contribution in [3.63, 3.8) is 0 Å². The van der Waals surface area contributed by atoms with Gasteiger partial charge in [0, 0.05) is 11.4 Å². The molecule has 1 fully saturated rings. The first-order valence-corrected chi connectivity index (χ1v) is 9.65. The third-order valence-corrected chi connectivity index (χ3v) is 5.12. The van der Waals surface area contributed by atoms with Crippen LogP contribution in [-0.2, 0) is 32.7 Å². The van der Waals surface area contributed by atoms with Gasteiger partial charge in [-0.25, -0.2) is 0 Å². The SMILES string of the molecule is CC(C)c1cccc(C(C)C)c1[N-]Cc1cccc(C2[CH-]CCC2)n1.[CH3-].[CH3-].[Zr+3]. The van der Waals surface area contributed by atoms with Crippen molar-refractivity contribution < 1.29 is 26.2 Å². The third-order valence-electron chi connectivity index (χ3n) is 5.12. The summed E-state index contributed by atoms with van der Waals surface area (Å²) in [4.78, 5) is 4.89. The molecule has 0 amide bonds. The molecule has 3 rings (SSSR count). The van der Waals surface area contributed by atoms with Crippen LogP contribution in [0.15, 0.2) is 36.4 Å². The molecule has 0 bridgehead atoms. The molecule has 3 heteroatoms. The zero-order chi connectivity index (χ0) is 17.8. The molecule has 0 saturated heterocycles. The van der Waals surface area contributed by atoms with Crippen molar-refractivity contribution in [2.75, 3.05) is 0 Å². The minimum Gasteiger partial charge on any atom is -0.679 e. The summed E-state index contributed by atoms with van der Waals surface area (Å²) in [7, 11) is 0. The van der Waals surface area contributed by atoms with E-state index < -0.39 is 0 Å². The van der Waals surface area contributed by atoms with Crippen LogP contribution in [0, 0.1) is 21.3 Å². The summed E-state index contributed by atoms with van der Waals surface area (Å²) in [6.07, 6.45) is 6.16. The van der Waals surface area contributed by atoms with E-state index in [4.69, 9.17) is 10.3 Å². The molecule has 1 heterocycles. The summed E-state index contributed by atoms with van der Waals surface area (Å²) in [6, 6.07) is 13.0. The Balaban J connectivity index is 0.00000243. The molecule has 2 nitrogen and oxygen atoms in total. The van der Waals surface area contributed by atoms with Crippen LogP contribution in [0.4, 0.5) is 5.69 Å². The molecule has 28 heavy (non-hydrogen) atoms. The van der Waals surface area contributed by atoms with Gasteiger partial charge in [0.25, 0.3) is 0 Å². The fraction of sp³-hybridized carbons (Fsp3) is 0.440. The molecule has 1 atom stereocenters. The van der Waals surface area contributed by atoms with Crippen molar-refractivity contribution in [1.82, 2.24) is 4.98 Å². The van der Waals surface area contributed by atoms with Crippen molar-refractivity contribution in [2.24, 2.45) is 0 Å². The first kappa shape index (κ1) is 27.1. The average Bonchev–Trinajstić information content (AvgIpc) is 3.14. The summed E-state index contributed by atoms with van der Waals surface area (Å²) >= 11 is 0. The fourth-order valence-electron chi connectivity index (χ4n) is 3.69. The summed E-state index contributed by atoms with van der Waals surface area (Å²) in [6.45, 7) is 9.63. The molecule has 1 radical (unpaired) electrons. The van der Waals surface area contributed by atoms with Crippen molar-refractivity contribution in [3.05, 3.63) is 85.5 Å². The van der Waals surface area contributed by atoms with Crippen LogP contribution in [0.3, 0.4) is 0 Å².